The van der Waals surface area contributed by atoms with Gasteiger partial charge in [-0.05, 0) is 12.8 Å². The molecule has 19 heavy (non-hydrogen) atoms. The van der Waals surface area contributed by atoms with E-state index in [1.54, 1.807) is 12.1 Å². The molecule has 0 saturated heterocycles. The van der Waals surface area contributed by atoms with Gasteiger partial charge in [0.1, 0.15) is 11.6 Å². The van der Waals surface area contributed by atoms with E-state index in [0.29, 0.717) is 0 Å². The molecule has 0 aliphatic carbocycles. The van der Waals surface area contributed by atoms with E-state index in [4.69, 9.17) is 20.4 Å². The number of rotatable bonds is 10. The smallest absolute Gasteiger partial charge is 0.349 e. The van der Waals surface area contributed by atoms with Gasteiger partial charge in [0, 0.05) is 12.7 Å². The zero-order chi connectivity index (χ0) is 14.3. The molecule has 5 heteroatoms. The second-order valence-corrected chi connectivity index (χ2v) is 4.13. The number of hydrogen-bond donors (Lipinski definition) is 1. The molecule has 0 aromatic carbocycles. The third-order valence-corrected chi connectivity index (χ3v) is 2.58. The summed E-state index contributed by atoms with van der Waals surface area (Å²) in [5.41, 5.74) is -0.258. The van der Waals surface area contributed by atoms with Crippen molar-refractivity contribution in [1.29, 1.82) is 10.5 Å². The lowest BCUT2D eigenvalue weighted by atomic mass is 10.1. The average molecular weight is 264 g/mol. The van der Waals surface area contributed by atoms with E-state index in [-0.39, 0.29) is 18.8 Å². The highest BCUT2D eigenvalue weighted by Crippen LogP contribution is 2.07. The van der Waals surface area contributed by atoms with Crippen LogP contribution in [0.5, 0.6) is 0 Å². The predicted molar refractivity (Wildman–Crippen MR) is 69.7 cm³/mol. The standard InChI is InChI=1S/C14H20N2O3/c15-9-8-13(12-16)14(18)19-11-7-5-3-1-2-4-6-10-17/h8,17H,1-7,10-11H2. The fraction of sp³-hybridized carbons (Fsp3) is 0.643. The fourth-order valence-corrected chi connectivity index (χ4v) is 1.54. The van der Waals surface area contributed by atoms with Crippen molar-refractivity contribution in [2.45, 2.75) is 44.9 Å². The highest BCUT2D eigenvalue weighted by molar-refractivity contribution is 5.93. The fourth-order valence-electron chi connectivity index (χ4n) is 1.54. The highest BCUT2D eigenvalue weighted by Gasteiger charge is 2.09. The van der Waals surface area contributed by atoms with Gasteiger partial charge in [0.15, 0.2) is 0 Å². The van der Waals surface area contributed by atoms with Gasteiger partial charge >= 0.3 is 5.97 Å². The summed E-state index contributed by atoms with van der Waals surface area (Å²) in [6.45, 7) is 0.535. The number of unbranched alkanes of at least 4 members (excludes halogenated alkanes) is 6. The number of aliphatic hydroxyl groups excluding tert-OH is 1. The summed E-state index contributed by atoms with van der Waals surface area (Å²) in [4.78, 5) is 11.3. The zero-order valence-electron chi connectivity index (χ0n) is 11.1. The minimum Gasteiger partial charge on any atom is -0.462 e. The lowest BCUT2D eigenvalue weighted by molar-refractivity contribution is -0.138. The summed E-state index contributed by atoms with van der Waals surface area (Å²) in [5, 5.41) is 25.5. The van der Waals surface area contributed by atoms with Gasteiger partial charge in [-0.2, -0.15) is 10.5 Å². The molecule has 0 amide bonds. The molecule has 1 N–H and O–H groups in total. The van der Waals surface area contributed by atoms with E-state index in [0.717, 1.165) is 51.0 Å². The van der Waals surface area contributed by atoms with Crippen LogP contribution in [0.2, 0.25) is 0 Å². The molecule has 0 spiro atoms. The quantitative estimate of drug-likeness (QED) is 0.282. The van der Waals surface area contributed by atoms with Crippen LogP contribution in [0.25, 0.3) is 0 Å². The Balaban J connectivity index is 3.50. The third-order valence-electron chi connectivity index (χ3n) is 2.58. The molecule has 0 unspecified atom stereocenters. The topological polar surface area (TPSA) is 94.1 Å². The Hall–Kier alpha value is -1.85. The molecule has 0 rings (SSSR count). The number of nitriles is 2. The van der Waals surface area contributed by atoms with Crippen molar-refractivity contribution < 1.29 is 14.6 Å². The first kappa shape index (κ1) is 17.2. The van der Waals surface area contributed by atoms with Gasteiger partial charge in [-0.3, -0.25) is 0 Å². The summed E-state index contributed by atoms with van der Waals surface area (Å²) in [5.74, 6) is -0.730. The Morgan fingerprint density at radius 1 is 1.05 bits per heavy atom. The zero-order valence-corrected chi connectivity index (χ0v) is 11.1. The molecule has 0 bridgehead atoms. The maximum absolute atomic E-state index is 11.3. The van der Waals surface area contributed by atoms with Crippen molar-refractivity contribution in [3.05, 3.63) is 11.6 Å². The van der Waals surface area contributed by atoms with Gasteiger partial charge in [-0.25, -0.2) is 4.79 Å². The molecule has 0 fully saturated rings. The second-order valence-electron chi connectivity index (χ2n) is 4.13. The van der Waals surface area contributed by atoms with E-state index in [1.807, 2.05) is 0 Å². The van der Waals surface area contributed by atoms with Gasteiger partial charge in [0.25, 0.3) is 0 Å². The normalized spacial score (nSPS) is 10.6. The minimum atomic E-state index is -0.730. The number of carbonyl (C=O) groups excluding carboxylic acids is 1. The number of carbonyl (C=O) groups is 1. The molecule has 104 valence electrons. The molecule has 0 saturated carbocycles. The Morgan fingerprint density at radius 2 is 1.63 bits per heavy atom. The number of ether oxygens (including phenoxy) is 1. The number of esters is 1. The number of allylic oxidation sites excluding steroid dienone is 1. The summed E-state index contributed by atoms with van der Waals surface area (Å²) >= 11 is 0. The highest BCUT2D eigenvalue weighted by atomic mass is 16.5. The van der Waals surface area contributed by atoms with Gasteiger partial charge in [0.05, 0.1) is 12.7 Å². The lowest BCUT2D eigenvalue weighted by Crippen LogP contribution is -2.07. The van der Waals surface area contributed by atoms with E-state index >= 15 is 0 Å². The number of nitrogens with zero attached hydrogens (tertiary/aromatic N) is 2. The Kier molecular flexibility index (Phi) is 11.4. The Labute approximate surface area is 114 Å². The SMILES string of the molecule is N#CC=C(C#N)C(=O)OCCCCCCCCCO. The molecular weight excluding hydrogens is 244 g/mol. The van der Waals surface area contributed by atoms with Gasteiger partial charge in [-0.15, -0.1) is 0 Å². The molecule has 0 aliphatic rings. The van der Waals surface area contributed by atoms with Crippen LogP contribution in [0.3, 0.4) is 0 Å². The Morgan fingerprint density at radius 3 is 2.16 bits per heavy atom. The van der Waals surface area contributed by atoms with Crippen LogP contribution in [-0.4, -0.2) is 24.3 Å². The van der Waals surface area contributed by atoms with E-state index < -0.39 is 5.97 Å². The molecule has 0 aromatic rings. The third kappa shape index (κ3) is 9.82. The van der Waals surface area contributed by atoms with Crippen molar-refractivity contribution in [2.75, 3.05) is 13.2 Å². The first-order valence-electron chi connectivity index (χ1n) is 6.54. The van der Waals surface area contributed by atoms with Crippen LogP contribution < -0.4 is 0 Å². The maximum atomic E-state index is 11.3. The minimum absolute atomic E-state index is 0.257. The van der Waals surface area contributed by atoms with Crippen molar-refractivity contribution in [2.24, 2.45) is 0 Å². The molecule has 5 nitrogen and oxygen atoms in total. The summed E-state index contributed by atoms with van der Waals surface area (Å²) in [6, 6.07) is 3.26. The van der Waals surface area contributed by atoms with Crippen LogP contribution in [0.1, 0.15) is 44.9 Å². The molecule has 0 heterocycles. The number of hydrogen-bond acceptors (Lipinski definition) is 5. The van der Waals surface area contributed by atoms with Gasteiger partial charge < -0.3 is 9.84 Å². The van der Waals surface area contributed by atoms with Crippen LogP contribution in [-0.2, 0) is 9.53 Å². The van der Waals surface area contributed by atoms with Crippen molar-refractivity contribution >= 4 is 5.97 Å². The summed E-state index contributed by atoms with van der Waals surface area (Å²) < 4.78 is 4.88. The van der Waals surface area contributed by atoms with Crippen LogP contribution in [0.4, 0.5) is 0 Å². The Bertz CT molecular complexity index is 364. The summed E-state index contributed by atoms with van der Waals surface area (Å²) in [7, 11) is 0. The molecule has 0 atom stereocenters. The van der Waals surface area contributed by atoms with Crippen molar-refractivity contribution in [1.82, 2.24) is 0 Å². The van der Waals surface area contributed by atoms with Gasteiger partial charge in [-0.1, -0.05) is 32.1 Å². The van der Waals surface area contributed by atoms with Gasteiger partial charge in [0.2, 0.25) is 0 Å². The molecular formula is C14H20N2O3. The molecule has 0 radical (unpaired) electrons. The lowest BCUT2D eigenvalue weighted by Gasteiger charge is -2.03. The van der Waals surface area contributed by atoms with Crippen molar-refractivity contribution in [3.63, 3.8) is 0 Å². The number of aliphatic hydroxyl groups is 1. The first-order chi connectivity index (χ1) is 9.26. The monoisotopic (exact) mass is 264 g/mol. The summed E-state index contributed by atoms with van der Waals surface area (Å²) in [6.07, 6.45) is 7.84. The molecule has 0 aliphatic heterocycles. The van der Waals surface area contributed by atoms with E-state index in [2.05, 4.69) is 0 Å². The molecule has 0 aromatic heterocycles. The first-order valence-corrected chi connectivity index (χ1v) is 6.54. The average Bonchev–Trinajstić information content (AvgIpc) is 2.42. The largest absolute Gasteiger partial charge is 0.462 e. The second kappa shape index (κ2) is 12.6. The van der Waals surface area contributed by atoms with Crippen LogP contribution in [0, 0.1) is 22.7 Å². The van der Waals surface area contributed by atoms with Crippen LogP contribution >= 0.6 is 0 Å². The van der Waals surface area contributed by atoms with Crippen LogP contribution in [0.15, 0.2) is 11.6 Å². The van der Waals surface area contributed by atoms with E-state index in [1.165, 1.54) is 0 Å². The maximum Gasteiger partial charge on any atom is 0.349 e. The van der Waals surface area contributed by atoms with Crippen molar-refractivity contribution in [3.8, 4) is 12.1 Å². The predicted octanol–water partition coefficient (Wildman–Crippen LogP) is 2.23. The van der Waals surface area contributed by atoms with E-state index in [9.17, 15) is 4.79 Å².